The van der Waals surface area contributed by atoms with Crippen LogP contribution in [-0.2, 0) is 38.0 Å². The normalized spacial score (nSPS) is 11.3. The molecule has 0 atom stereocenters. The molecular weight excluding hydrogens is 458 g/mol. The van der Waals surface area contributed by atoms with E-state index in [-0.39, 0.29) is 18.3 Å². The van der Waals surface area contributed by atoms with Crippen molar-refractivity contribution in [3.8, 4) is 5.75 Å². The minimum Gasteiger partial charge on any atom is -0.491 e. The summed E-state index contributed by atoms with van der Waals surface area (Å²) in [6, 6.07) is 7.15. The number of carbonyl (C=O) groups excluding carboxylic acids is 2. The SMILES string of the molecule is CC(=O)Nc1ccc(OCCOCCOCCOCCOCCOCCC(=O)OC(C)(C)C)cc1. The maximum Gasteiger partial charge on any atom is 0.308 e. The van der Waals surface area contributed by atoms with Crippen molar-refractivity contribution in [2.45, 2.75) is 39.7 Å². The lowest BCUT2D eigenvalue weighted by Gasteiger charge is -2.19. The standard InChI is InChI=1S/C25H41NO9/c1-21(27)26-22-5-7-23(8-6-22)34-20-19-33-18-17-32-16-15-31-14-13-30-12-11-29-10-9-24(28)35-25(2,3)4/h5-8H,9-20H2,1-4H3,(H,26,27). The summed E-state index contributed by atoms with van der Waals surface area (Å²) >= 11 is 0. The van der Waals surface area contributed by atoms with E-state index in [0.29, 0.717) is 78.4 Å². The van der Waals surface area contributed by atoms with Crippen molar-refractivity contribution in [1.29, 1.82) is 0 Å². The molecule has 0 aliphatic carbocycles. The van der Waals surface area contributed by atoms with E-state index < -0.39 is 5.60 Å². The van der Waals surface area contributed by atoms with Gasteiger partial charge in [-0.1, -0.05) is 0 Å². The summed E-state index contributed by atoms with van der Waals surface area (Å²) in [7, 11) is 0. The molecule has 0 saturated carbocycles. The monoisotopic (exact) mass is 499 g/mol. The van der Waals surface area contributed by atoms with Gasteiger partial charge in [-0.2, -0.15) is 0 Å². The highest BCUT2D eigenvalue weighted by molar-refractivity contribution is 5.88. The van der Waals surface area contributed by atoms with Gasteiger partial charge in [-0.25, -0.2) is 0 Å². The van der Waals surface area contributed by atoms with E-state index in [1.54, 1.807) is 24.3 Å². The van der Waals surface area contributed by atoms with Gasteiger partial charge in [0.2, 0.25) is 5.91 Å². The largest absolute Gasteiger partial charge is 0.491 e. The molecule has 1 amide bonds. The van der Waals surface area contributed by atoms with Gasteiger partial charge in [0, 0.05) is 12.6 Å². The molecule has 10 heteroatoms. The molecule has 0 radical (unpaired) electrons. The molecule has 10 nitrogen and oxygen atoms in total. The Bertz CT molecular complexity index is 689. The van der Waals surface area contributed by atoms with Gasteiger partial charge in [-0.3, -0.25) is 9.59 Å². The molecule has 0 aromatic heterocycles. The number of benzene rings is 1. The number of amides is 1. The van der Waals surface area contributed by atoms with Gasteiger partial charge in [0.15, 0.2) is 0 Å². The van der Waals surface area contributed by atoms with E-state index in [9.17, 15) is 9.59 Å². The van der Waals surface area contributed by atoms with Gasteiger partial charge in [0.05, 0.1) is 72.5 Å². The van der Waals surface area contributed by atoms with Crippen LogP contribution in [0.3, 0.4) is 0 Å². The average molecular weight is 500 g/mol. The number of carbonyl (C=O) groups is 2. The molecule has 1 aromatic carbocycles. The van der Waals surface area contributed by atoms with Crippen molar-refractivity contribution in [1.82, 2.24) is 0 Å². The summed E-state index contributed by atoms with van der Waals surface area (Å²) in [5, 5.41) is 2.70. The van der Waals surface area contributed by atoms with Crippen LogP contribution in [0, 0.1) is 0 Å². The Morgan fingerprint density at radius 3 is 1.54 bits per heavy atom. The van der Waals surface area contributed by atoms with Gasteiger partial charge in [0.25, 0.3) is 0 Å². The maximum absolute atomic E-state index is 11.5. The third kappa shape index (κ3) is 19.7. The molecule has 1 rings (SSSR count). The molecule has 35 heavy (non-hydrogen) atoms. The Kier molecular flexibility index (Phi) is 16.7. The molecule has 0 saturated heterocycles. The highest BCUT2D eigenvalue weighted by Crippen LogP contribution is 2.15. The van der Waals surface area contributed by atoms with Crippen LogP contribution in [0.25, 0.3) is 0 Å². The van der Waals surface area contributed by atoms with E-state index in [1.165, 1.54) is 6.92 Å². The van der Waals surface area contributed by atoms with Crippen LogP contribution in [0.1, 0.15) is 34.1 Å². The Labute approximate surface area is 208 Å². The number of anilines is 1. The molecule has 1 N–H and O–H groups in total. The maximum atomic E-state index is 11.5. The fourth-order valence-corrected chi connectivity index (χ4v) is 2.59. The zero-order valence-corrected chi connectivity index (χ0v) is 21.5. The second kappa shape index (κ2) is 19.0. The van der Waals surface area contributed by atoms with Crippen molar-refractivity contribution in [2.75, 3.05) is 78.0 Å². The van der Waals surface area contributed by atoms with Crippen LogP contribution in [0.4, 0.5) is 5.69 Å². The lowest BCUT2D eigenvalue weighted by atomic mass is 10.2. The molecule has 0 aliphatic rings. The lowest BCUT2D eigenvalue weighted by Crippen LogP contribution is -2.24. The lowest BCUT2D eigenvalue weighted by molar-refractivity contribution is -0.156. The summed E-state index contributed by atoms with van der Waals surface area (Å²) in [4.78, 5) is 22.5. The third-order valence-electron chi connectivity index (χ3n) is 4.03. The first-order valence-corrected chi connectivity index (χ1v) is 11.9. The topological polar surface area (TPSA) is 111 Å². The first-order chi connectivity index (χ1) is 16.8. The Balaban J connectivity index is 1.79. The fourth-order valence-electron chi connectivity index (χ4n) is 2.59. The van der Waals surface area contributed by atoms with Crippen molar-refractivity contribution >= 4 is 17.6 Å². The fraction of sp³-hybridized carbons (Fsp3) is 0.680. The number of rotatable bonds is 20. The number of hydrogen-bond acceptors (Lipinski definition) is 9. The summed E-state index contributed by atoms with van der Waals surface area (Å²) in [5.41, 5.74) is 0.258. The number of ether oxygens (including phenoxy) is 7. The molecule has 0 heterocycles. The van der Waals surface area contributed by atoms with Crippen molar-refractivity contribution in [3.05, 3.63) is 24.3 Å². The quantitative estimate of drug-likeness (QED) is 0.214. The number of nitrogens with one attached hydrogen (secondary N) is 1. The van der Waals surface area contributed by atoms with Crippen LogP contribution in [-0.4, -0.2) is 90.2 Å². The van der Waals surface area contributed by atoms with Gasteiger partial charge >= 0.3 is 5.97 Å². The molecule has 0 aliphatic heterocycles. The minimum absolute atomic E-state index is 0.109. The Morgan fingerprint density at radius 1 is 0.686 bits per heavy atom. The van der Waals surface area contributed by atoms with Crippen LogP contribution in [0.5, 0.6) is 5.75 Å². The van der Waals surface area contributed by atoms with E-state index in [0.717, 1.165) is 5.69 Å². The average Bonchev–Trinajstić information content (AvgIpc) is 2.77. The predicted octanol–water partition coefficient (Wildman–Crippen LogP) is 2.84. The van der Waals surface area contributed by atoms with Gasteiger partial charge in [-0.15, -0.1) is 0 Å². The zero-order chi connectivity index (χ0) is 25.8. The van der Waals surface area contributed by atoms with Crippen LogP contribution >= 0.6 is 0 Å². The van der Waals surface area contributed by atoms with Gasteiger partial charge in [0.1, 0.15) is 18.0 Å². The summed E-state index contributed by atoms with van der Waals surface area (Å²) in [6.45, 7) is 11.9. The zero-order valence-electron chi connectivity index (χ0n) is 21.5. The third-order valence-corrected chi connectivity index (χ3v) is 4.03. The van der Waals surface area contributed by atoms with E-state index in [1.807, 2.05) is 20.8 Å². The summed E-state index contributed by atoms with van der Waals surface area (Å²) in [5.74, 6) is 0.338. The van der Waals surface area contributed by atoms with Crippen molar-refractivity contribution < 1.29 is 42.7 Å². The second-order valence-corrected chi connectivity index (χ2v) is 8.45. The number of esters is 1. The van der Waals surface area contributed by atoms with Crippen LogP contribution in [0.15, 0.2) is 24.3 Å². The highest BCUT2D eigenvalue weighted by atomic mass is 16.6. The number of hydrogen-bond donors (Lipinski definition) is 1. The minimum atomic E-state index is -0.471. The first kappa shape index (κ1) is 30.8. The predicted molar refractivity (Wildman–Crippen MR) is 131 cm³/mol. The summed E-state index contributed by atoms with van der Waals surface area (Å²) in [6.07, 6.45) is 0.232. The van der Waals surface area contributed by atoms with Gasteiger partial charge < -0.3 is 38.5 Å². The summed E-state index contributed by atoms with van der Waals surface area (Å²) < 4.78 is 37.8. The molecule has 0 fully saturated rings. The Hall–Kier alpha value is -2.24. The molecular formula is C25H41NO9. The molecule has 1 aromatic rings. The molecule has 0 bridgehead atoms. The molecule has 0 unspecified atom stereocenters. The van der Waals surface area contributed by atoms with Gasteiger partial charge in [-0.05, 0) is 45.0 Å². The van der Waals surface area contributed by atoms with Crippen molar-refractivity contribution in [3.63, 3.8) is 0 Å². The molecule has 0 spiro atoms. The second-order valence-electron chi connectivity index (χ2n) is 8.45. The Morgan fingerprint density at radius 2 is 1.11 bits per heavy atom. The van der Waals surface area contributed by atoms with E-state index in [4.69, 9.17) is 33.2 Å². The first-order valence-electron chi connectivity index (χ1n) is 11.9. The van der Waals surface area contributed by atoms with Crippen LogP contribution < -0.4 is 10.1 Å². The van der Waals surface area contributed by atoms with E-state index >= 15 is 0 Å². The van der Waals surface area contributed by atoms with Crippen LogP contribution in [0.2, 0.25) is 0 Å². The highest BCUT2D eigenvalue weighted by Gasteiger charge is 2.15. The van der Waals surface area contributed by atoms with E-state index in [2.05, 4.69) is 5.32 Å². The smallest absolute Gasteiger partial charge is 0.308 e. The molecule has 200 valence electrons. The van der Waals surface area contributed by atoms with Crippen molar-refractivity contribution in [2.24, 2.45) is 0 Å².